The maximum Gasteiger partial charge on any atom is 0.306 e. The summed E-state index contributed by atoms with van der Waals surface area (Å²) in [6, 6.07) is 0. The Morgan fingerprint density at radius 2 is 0.471 bits per heavy atom. The van der Waals surface area contributed by atoms with E-state index in [2.05, 4.69) is 32.9 Å². The molecule has 6 nitrogen and oxygen atoms in total. The summed E-state index contributed by atoms with van der Waals surface area (Å²) < 4.78 is 16.8. The Morgan fingerprint density at radius 3 is 0.714 bits per heavy atom. The molecule has 1 atom stereocenters. The minimum atomic E-state index is -0.761. The molecular formula is C64H122O6. The van der Waals surface area contributed by atoms with Crippen molar-refractivity contribution < 1.29 is 28.6 Å². The van der Waals surface area contributed by atoms with E-state index < -0.39 is 6.10 Å². The molecule has 0 fully saturated rings. The van der Waals surface area contributed by atoms with E-state index in [1.165, 1.54) is 263 Å². The number of carbonyl (C=O) groups excluding carboxylic acids is 3. The summed E-state index contributed by atoms with van der Waals surface area (Å²) in [5.74, 6) is -0.841. The van der Waals surface area contributed by atoms with E-state index in [0.717, 1.165) is 57.8 Å². The molecule has 0 aliphatic carbocycles. The lowest BCUT2D eigenvalue weighted by Gasteiger charge is -2.18. The molecule has 0 rings (SSSR count). The van der Waals surface area contributed by atoms with Crippen LogP contribution < -0.4 is 0 Å². The predicted molar refractivity (Wildman–Crippen MR) is 303 cm³/mol. The Labute approximate surface area is 437 Å². The van der Waals surface area contributed by atoms with Crippen LogP contribution in [0.4, 0.5) is 0 Å². The first-order valence-electron chi connectivity index (χ1n) is 31.7. The highest BCUT2D eigenvalue weighted by molar-refractivity contribution is 5.71. The Hall–Kier alpha value is -1.85. The second-order valence-electron chi connectivity index (χ2n) is 21.7. The van der Waals surface area contributed by atoms with Gasteiger partial charge in [-0.05, 0) is 44.9 Å². The Morgan fingerprint density at radius 1 is 0.271 bits per heavy atom. The highest BCUT2D eigenvalue weighted by Crippen LogP contribution is 2.18. The van der Waals surface area contributed by atoms with Crippen molar-refractivity contribution in [3.63, 3.8) is 0 Å². The Balaban J connectivity index is 3.97. The molecule has 0 amide bonds. The number of hydrogen-bond donors (Lipinski definition) is 0. The maximum atomic E-state index is 12.8. The maximum absolute atomic E-state index is 12.8. The molecule has 0 aromatic carbocycles. The van der Waals surface area contributed by atoms with Crippen LogP contribution in [0.15, 0.2) is 12.2 Å². The second kappa shape index (κ2) is 59.7. The summed E-state index contributed by atoms with van der Waals surface area (Å²) in [5, 5.41) is 0. The van der Waals surface area contributed by atoms with E-state index in [0.29, 0.717) is 19.3 Å². The van der Waals surface area contributed by atoms with E-state index in [-0.39, 0.29) is 31.1 Å². The summed E-state index contributed by atoms with van der Waals surface area (Å²) in [6.07, 6.45) is 69.6. The fourth-order valence-corrected chi connectivity index (χ4v) is 9.74. The van der Waals surface area contributed by atoms with Gasteiger partial charge in [-0.3, -0.25) is 14.4 Å². The molecule has 0 N–H and O–H groups in total. The van der Waals surface area contributed by atoms with E-state index in [9.17, 15) is 14.4 Å². The van der Waals surface area contributed by atoms with Crippen molar-refractivity contribution in [1.82, 2.24) is 0 Å². The molecule has 0 aliphatic heterocycles. The number of carbonyl (C=O) groups is 3. The fourth-order valence-electron chi connectivity index (χ4n) is 9.74. The van der Waals surface area contributed by atoms with Crippen molar-refractivity contribution in [1.29, 1.82) is 0 Å². The van der Waals surface area contributed by atoms with Crippen molar-refractivity contribution in [3.05, 3.63) is 12.2 Å². The molecule has 1 unspecified atom stereocenters. The first kappa shape index (κ1) is 68.2. The molecule has 414 valence electrons. The molecule has 0 aromatic rings. The van der Waals surface area contributed by atoms with Crippen molar-refractivity contribution in [3.8, 4) is 0 Å². The minimum absolute atomic E-state index is 0.0631. The van der Waals surface area contributed by atoms with Gasteiger partial charge >= 0.3 is 17.9 Å². The van der Waals surface area contributed by atoms with Gasteiger partial charge in [-0.2, -0.15) is 0 Å². The van der Waals surface area contributed by atoms with Gasteiger partial charge in [-0.25, -0.2) is 0 Å². The zero-order chi connectivity index (χ0) is 50.7. The van der Waals surface area contributed by atoms with Crippen LogP contribution in [0.2, 0.25) is 0 Å². The third kappa shape index (κ3) is 57.1. The number of rotatable bonds is 59. The Kier molecular flexibility index (Phi) is 58.1. The van der Waals surface area contributed by atoms with Crippen LogP contribution in [0.3, 0.4) is 0 Å². The molecule has 0 aliphatic rings. The van der Waals surface area contributed by atoms with Crippen molar-refractivity contribution in [2.45, 2.75) is 367 Å². The van der Waals surface area contributed by atoms with E-state index in [1.54, 1.807) is 0 Å². The van der Waals surface area contributed by atoms with Gasteiger partial charge in [0.15, 0.2) is 6.10 Å². The standard InChI is InChI=1S/C64H122O6/c1-4-7-10-13-16-19-22-23-24-25-26-27-28-29-30-31-32-33-34-35-36-37-38-39-40-41-43-45-48-51-54-57-63(66)69-60-61(59-68-62(65)56-53-50-47-44-21-18-15-12-9-6-3)70-64(67)58-55-52-49-46-42-20-17-14-11-8-5-2/h25-26,61H,4-24,27-60H2,1-3H3/b26-25-. The summed E-state index contributed by atoms with van der Waals surface area (Å²) in [4.78, 5) is 38.0. The SMILES string of the molecule is CCCCCCCCCC/C=C\CCCCCCCCCCCCCCCCCCCCCC(=O)OCC(COC(=O)CCCCCCCCCCCC)OC(=O)CCCCCCCCCCCCC. The second-order valence-corrected chi connectivity index (χ2v) is 21.7. The zero-order valence-corrected chi connectivity index (χ0v) is 47.6. The number of allylic oxidation sites excluding steroid dienone is 2. The predicted octanol–water partition coefficient (Wildman–Crippen LogP) is 21.3. The van der Waals surface area contributed by atoms with Crippen LogP contribution in [0.1, 0.15) is 361 Å². The molecule has 0 saturated carbocycles. The Bertz CT molecular complexity index is 1090. The van der Waals surface area contributed by atoms with Gasteiger partial charge in [0.25, 0.3) is 0 Å². The zero-order valence-electron chi connectivity index (χ0n) is 47.6. The van der Waals surface area contributed by atoms with Gasteiger partial charge in [0.1, 0.15) is 13.2 Å². The third-order valence-corrected chi connectivity index (χ3v) is 14.5. The average Bonchev–Trinajstić information content (AvgIpc) is 3.36. The molecule has 70 heavy (non-hydrogen) atoms. The van der Waals surface area contributed by atoms with Crippen molar-refractivity contribution in [2.24, 2.45) is 0 Å². The fraction of sp³-hybridized carbons (Fsp3) is 0.922. The topological polar surface area (TPSA) is 78.9 Å². The van der Waals surface area contributed by atoms with Gasteiger partial charge in [0.05, 0.1) is 0 Å². The highest BCUT2D eigenvalue weighted by Gasteiger charge is 2.19. The lowest BCUT2D eigenvalue weighted by atomic mass is 10.0. The lowest BCUT2D eigenvalue weighted by Crippen LogP contribution is -2.30. The molecule has 0 spiro atoms. The van der Waals surface area contributed by atoms with Crippen LogP contribution in [-0.4, -0.2) is 37.2 Å². The van der Waals surface area contributed by atoms with Crippen LogP contribution in [0.5, 0.6) is 0 Å². The highest BCUT2D eigenvalue weighted by atomic mass is 16.6. The monoisotopic (exact) mass is 987 g/mol. The van der Waals surface area contributed by atoms with Gasteiger partial charge in [-0.1, -0.05) is 309 Å². The van der Waals surface area contributed by atoms with Crippen molar-refractivity contribution in [2.75, 3.05) is 13.2 Å². The normalized spacial score (nSPS) is 12.0. The van der Waals surface area contributed by atoms with Crippen LogP contribution in [0, 0.1) is 0 Å². The number of esters is 3. The quantitative estimate of drug-likeness (QED) is 0.0261. The van der Waals surface area contributed by atoms with E-state index in [4.69, 9.17) is 14.2 Å². The number of unbranched alkanes of at least 4 members (excludes halogenated alkanes) is 46. The number of ether oxygens (including phenoxy) is 3. The summed E-state index contributed by atoms with van der Waals surface area (Å²) >= 11 is 0. The summed E-state index contributed by atoms with van der Waals surface area (Å²) in [7, 11) is 0. The smallest absolute Gasteiger partial charge is 0.306 e. The minimum Gasteiger partial charge on any atom is -0.462 e. The van der Waals surface area contributed by atoms with Crippen LogP contribution >= 0.6 is 0 Å². The van der Waals surface area contributed by atoms with Crippen molar-refractivity contribution >= 4 is 17.9 Å². The molecule has 0 bridgehead atoms. The largest absolute Gasteiger partial charge is 0.462 e. The van der Waals surface area contributed by atoms with Gasteiger partial charge in [-0.15, -0.1) is 0 Å². The lowest BCUT2D eigenvalue weighted by molar-refractivity contribution is -0.167. The average molecular weight is 988 g/mol. The van der Waals surface area contributed by atoms with E-state index in [1.807, 2.05) is 0 Å². The molecule has 0 radical (unpaired) electrons. The molecule has 0 aromatic heterocycles. The molecular weight excluding hydrogens is 865 g/mol. The van der Waals surface area contributed by atoms with Gasteiger partial charge < -0.3 is 14.2 Å². The number of hydrogen-bond acceptors (Lipinski definition) is 6. The first-order chi connectivity index (χ1) is 34.5. The third-order valence-electron chi connectivity index (χ3n) is 14.5. The van der Waals surface area contributed by atoms with Crippen LogP contribution in [0.25, 0.3) is 0 Å². The molecule has 6 heteroatoms. The molecule has 0 heterocycles. The first-order valence-corrected chi connectivity index (χ1v) is 31.7. The van der Waals surface area contributed by atoms with Crippen LogP contribution in [-0.2, 0) is 28.6 Å². The summed E-state index contributed by atoms with van der Waals surface area (Å²) in [5.41, 5.74) is 0. The van der Waals surface area contributed by atoms with Gasteiger partial charge in [0, 0.05) is 19.3 Å². The summed E-state index contributed by atoms with van der Waals surface area (Å²) in [6.45, 7) is 6.67. The molecule has 0 saturated heterocycles. The van der Waals surface area contributed by atoms with E-state index >= 15 is 0 Å². The van der Waals surface area contributed by atoms with Gasteiger partial charge in [0.2, 0.25) is 0 Å².